The third-order valence-corrected chi connectivity index (χ3v) is 18.6. The van der Waals surface area contributed by atoms with Crippen LogP contribution in [0.25, 0.3) is 0 Å². The first-order valence-electron chi connectivity index (χ1n) is 23.9. The van der Waals surface area contributed by atoms with Crippen LogP contribution in [0.5, 0.6) is 0 Å². The normalized spacial score (nSPS) is 52.5. The van der Waals surface area contributed by atoms with Gasteiger partial charge in [0.1, 0.15) is 42.7 Å². The minimum Gasteiger partial charge on any atom is -0.432 e. The van der Waals surface area contributed by atoms with Gasteiger partial charge in [-0.3, -0.25) is 9.59 Å². The fourth-order valence-electron chi connectivity index (χ4n) is 14.4. The quantitative estimate of drug-likeness (QED) is 0.122. The first-order chi connectivity index (χ1) is 30.0. The number of carbonyl (C=O) groups is 2. The maximum atomic E-state index is 15.2. The van der Waals surface area contributed by atoms with Crippen LogP contribution < -0.4 is 11.1 Å². The fourth-order valence-corrected chi connectivity index (χ4v) is 14.4. The first kappa shape index (κ1) is 48.6. The van der Waals surface area contributed by atoms with Crippen LogP contribution in [-0.2, 0) is 38.0 Å². The maximum absolute atomic E-state index is 15.2. The molecule has 13 unspecified atom stereocenters. The second kappa shape index (κ2) is 17.6. The van der Waals surface area contributed by atoms with Gasteiger partial charge in [-0.25, -0.2) is 0 Å². The summed E-state index contributed by atoms with van der Waals surface area (Å²) < 4.78 is 35.9. The number of carbonyl (C=O) groups excluding carboxylic acids is 2. The zero-order chi connectivity index (χ0) is 46.5. The van der Waals surface area contributed by atoms with E-state index in [0.29, 0.717) is 24.7 Å². The van der Waals surface area contributed by atoms with Gasteiger partial charge in [-0.15, -0.1) is 0 Å². The van der Waals surface area contributed by atoms with Crippen LogP contribution in [0.1, 0.15) is 113 Å². The number of amides is 1. The molecular formula is C47H76N2O15. The van der Waals surface area contributed by atoms with Crippen molar-refractivity contribution < 1.29 is 73.8 Å². The summed E-state index contributed by atoms with van der Waals surface area (Å²) in [4.78, 5) is 27.7. The van der Waals surface area contributed by atoms with Crippen molar-refractivity contribution in [3.63, 3.8) is 0 Å². The van der Waals surface area contributed by atoms with E-state index in [9.17, 15) is 40.5 Å². The summed E-state index contributed by atoms with van der Waals surface area (Å²) in [6.45, 7) is 14.7. The third-order valence-electron chi connectivity index (χ3n) is 18.6. The van der Waals surface area contributed by atoms with Crippen molar-refractivity contribution in [2.75, 3.05) is 19.8 Å². The lowest BCUT2D eigenvalue weighted by Gasteiger charge is -2.70. The highest BCUT2D eigenvalue weighted by molar-refractivity contribution is 5.79. The number of nitrogens with one attached hydrogen (secondary N) is 1. The number of ether oxygens (including phenoxy) is 6. The Labute approximate surface area is 376 Å². The van der Waals surface area contributed by atoms with Crippen LogP contribution in [0.2, 0.25) is 0 Å². The smallest absolute Gasteiger partial charge is 0.315 e. The van der Waals surface area contributed by atoms with Gasteiger partial charge in [-0.2, -0.15) is 0 Å². The van der Waals surface area contributed by atoms with Gasteiger partial charge in [0.25, 0.3) is 0 Å². The van der Waals surface area contributed by atoms with Crippen molar-refractivity contribution in [3.8, 4) is 0 Å². The molecule has 8 aliphatic rings. The van der Waals surface area contributed by atoms with E-state index in [1.807, 2.05) is 0 Å². The van der Waals surface area contributed by atoms with Crippen molar-refractivity contribution >= 4 is 11.9 Å². The summed E-state index contributed by atoms with van der Waals surface area (Å²) in [5.74, 6) is 0.00292. The van der Waals surface area contributed by atoms with Gasteiger partial charge < -0.3 is 75.2 Å². The monoisotopic (exact) mass is 909 g/mol. The molecule has 3 aliphatic heterocycles. The fraction of sp³-hybridized carbons (Fsp3) is 0.915. The van der Waals surface area contributed by atoms with Crippen molar-refractivity contribution in [3.05, 3.63) is 11.6 Å². The van der Waals surface area contributed by atoms with Gasteiger partial charge in [-0.1, -0.05) is 53.2 Å². The summed E-state index contributed by atoms with van der Waals surface area (Å²) in [7, 11) is 0. The highest BCUT2D eigenvalue weighted by Crippen LogP contribution is 2.75. The zero-order valence-electron chi connectivity index (χ0n) is 38.6. The van der Waals surface area contributed by atoms with Gasteiger partial charge in [0.15, 0.2) is 18.7 Å². The van der Waals surface area contributed by atoms with E-state index in [2.05, 4.69) is 52.9 Å². The minimum absolute atomic E-state index is 0.0138. The molecule has 17 nitrogen and oxygen atoms in total. The standard InChI is InChI=1S/C47H76N2O15/c1-22-24-10-13-46(7)30(44(24,5)12-11-28(22)50)9-8-25-26-18-43(3,4)14-16-47(26,17-15-45(25,46)6)42(58)64-41-38(32(53)27(20-59-41)49-31(52)19-48)63-40-36(57)34(55)37(23(2)61-40)62-39-35(56)33(54)29(51)21-60-39/h8,22-24,26-30,32-41,50-51,53-57H,9-21,48H2,1-7H3,(H,49,52)/t22?,23-,24+,26?,27?,28+,29?,30?,32?,33?,34?,35?,36?,37?,38?,39+,40+,41+,44?,45-,46+,47+/m1/s1. The van der Waals surface area contributed by atoms with Crippen LogP contribution in [-0.4, -0.2) is 153 Å². The van der Waals surface area contributed by atoms with E-state index in [1.165, 1.54) is 12.5 Å². The zero-order valence-corrected chi connectivity index (χ0v) is 38.6. The number of hydrogen-bond donors (Lipinski definition) is 9. The molecule has 0 aromatic carbocycles. The summed E-state index contributed by atoms with van der Waals surface area (Å²) in [5.41, 5.74) is 5.89. The highest BCUT2D eigenvalue weighted by atomic mass is 16.8. The predicted molar refractivity (Wildman–Crippen MR) is 227 cm³/mol. The van der Waals surface area contributed by atoms with Crippen molar-refractivity contribution in [2.24, 2.45) is 56.5 Å². The van der Waals surface area contributed by atoms with Crippen LogP contribution >= 0.6 is 0 Å². The lowest BCUT2D eigenvalue weighted by molar-refractivity contribution is -0.365. The molecular weight excluding hydrogens is 833 g/mol. The van der Waals surface area contributed by atoms with Crippen molar-refractivity contribution in [1.82, 2.24) is 5.32 Å². The molecule has 3 saturated heterocycles. The molecule has 0 aromatic rings. The minimum atomic E-state index is -1.82. The molecule has 0 bridgehead atoms. The lowest BCUT2D eigenvalue weighted by Crippen LogP contribution is -2.66. The summed E-state index contributed by atoms with van der Waals surface area (Å²) >= 11 is 0. The Hall–Kier alpha value is -1.84. The Balaban J connectivity index is 1.05. The van der Waals surface area contributed by atoms with Crippen LogP contribution in [0.15, 0.2) is 11.6 Å². The average Bonchev–Trinajstić information content (AvgIpc) is 3.24. The van der Waals surface area contributed by atoms with Gasteiger partial charge >= 0.3 is 5.97 Å². The van der Waals surface area contributed by atoms with Gasteiger partial charge in [0.2, 0.25) is 12.2 Å². The van der Waals surface area contributed by atoms with Crippen LogP contribution in [0.3, 0.4) is 0 Å². The van der Waals surface area contributed by atoms with E-state index < -0.39 is 97.1 Å². The van der Waals surface area contributed by atoms with Gasteiger partial charge in [-0.05, 0) is 116 Å². The number of allylic oxidation sites excluding steroid dienone is 2. The van der Waals surface area contributed by atoms with Gasteiger partial charge in [0, 0.05) is 0 Å². The third kappa shape index (κ3) is 7.91. The Kier molecular flexibility index (Phi) is 13.4. The molecule has 3 heterocycles. The van der Waals surface area contributed by atoms with Gasteiger partial charge in [0.05, 0.1) is 43.4 Å². The van der Waals surface area contributed by atoms with Crippen molar-refractivity contribution in [1.29, 1.82) is 0 Å². The van der Waals surface area contributed by atoms with E-state index >= 15 is 4.79 Å². The number of rotatable bonds is 8. The largest absolute Gasteiger partial charge is 0.432 e. The van der Waals surface area contributed by atoms with E-state index in [1.54, 1.807) is 0 Å². The van der Waals surface area contributed by atoms with E-state index in [-0.39, 0.29) is 59.4 Å². The second-order valence-corrected chi connectivity index (χ2v) is 22.5. The molecule has 8 rings (SSSR count). The predicted octanol–water partition coefficient (Wildman–Crippen LogP) is 1.14. The number of esters is 1. The molecule has 17 heteroatoms. The molecule has 7 fully saturated rings. The average molecular weight is 909 g/mol. The van der Waals surface area contributed by atoms with E-state index in [0.717, 1.165) is 51.4 Å². The van der Waals surface area contributed by atoms with Crippen LogP contribution in [0, 0.1) is 50.7 Å². The Bertz CT molecular complexity index is 1770. The second-order valence-electron chi connectivity index (χ2n) is 22.5. The number of fused-ring (bicyclic) bond motifs is 7. The van der Waals surface area contributed by atoms with Crippen LogP contribution in [0.4, 0.5) is 0 Å². The molecule has 364 valence electrons. The Morgan fingerprint density at radius 3 is 2.16 bits per heavy atom. The molecule has 10 N–H and O–H groups in total. The van der Waals surface area contributed by atoms with E-state index in [4.69, 9.17) is 34.2 Å². The molecule has 0 spiro atoms. The Morgan fingerprint density at radius 2 is 1.44 bits per heavy atom. The molecule has 1 amide bonds. The number of aliphatic hydroxyl groups excluding tert-OH is 7. The molecule has 0 radical (unpaired) electrons. The first-order valence-corrected chi connectivity index (χ1v) is 23.9. The molecule has 5 aliphatic carbocycles. The lowest BCUT2D eigenvalue weighted by atomic mass is 9.34. The topological polar surface area (TPSA) is 269 Å². The maximum Gasteiger partial charge on any atom is 0.315 e. The number of nitrogens with two attached hydrogens (primary N) is 1. The molecule has 64 heavy (non-hydrogen) atoms. The molecule has 4 saturated carbocycles. The summed E-state index contributed by atoms with van der Waals surface area (Å²) in [5, 5.41) is 78.6. The molecule has 0 aromatic heterocycles. The highest BCUT2D eigenvalue weighted by Gasteiger charge is 2.69. The summed E-state index contributed by atoms with van der Waals surface area (Å²) in [6, 6.07) is -1.05. The number of aliphatic hydroxyl groups is 7. The van der Waals surface area contributed by atoms with Crippen molar-refractivity contribution in [2.45, 2.75) is 199 Å². The SMILES string of the molecule is CC1[C@@H](O)CCC2(C)C3CC=C4C5CC(C)(C)CC[C@]5(C(=O)O[C@@H]5OCC(NC(=O)CN)C(O)C5O[C@@H]5O[C@H](C)C(O[C@@H]6OCC(O)C(O)C6O)C(O)C5O)CC[C@@]4(C)[C@@]3(C)CC[C@@H]12. The summed E-state index contributed by atoms with van der Waals surface area (Å²) in [6.07, 6.45) is -7.49. The molecule has 22 atom stereocenters. The number of hydrogen-bond acceptors (Lipinski definition) is 16. The Morgan fingerprint density at radius 1 is 0.766 bits per heavy atom.